The summed E-state index contributed by atoms with van der Waals surface area (Å²) in [7, 11) is 0. The summed E-state index contributed by atoms with van der Waals surface area (Å²) in [6, 6.07) is 11.3. The van der Waals surface area contributed by atoms with Gasteiger partial charge in [0.15, 0.2) is 11.5 Å². The number of rotatable bonds is 6. The van der Waals surface area contributed by atoms with Gasteiger partial charge in [-0.15, -0.1) is 0 Å². The Morgan fingerprint density at radius 2 is 2.00 bits per heavy atom. The number of carbonyl (C=O) groups excluding carboxylic acids is 1. The number of hydrogen-bond acceptors (Lipinski definition) is 4. The van der Waals surface area contributed by atoms with Gasteiger partial charge in [-0.2, -0.15) is 8.78 Å². The fourth-order valence-corrected chi connectivity index (χ4v) is 2.71. The van der Waals surface area contributed by atoms with Gasteiger partial charge in [0.2, 0.25) is 5.91 Å². The number of alkyl halides is 2. The Kier molecular flexibility index (Phi) is 4.28. The quantitative estimate of drug-likeness (QED) is 0.705. The molecule has 7 heteroatoms. The van der Waals surface area contributed by atoms with Crippen molar-refractivity contribution in [3.8, 4) is 5.75 Å². The van der Waals surface area contributed by atoms with Crippen LogP contribution in [0.25, 0.3) is 11.1 Å². The van der Waals surface area contributed by atoms with E-state index in [4.69, 9.17) is 4.42 Å². The second-order valence-electron chi connectivity index (χ2n) is 6.26. The Morgan fingerprint density at radius 1 is 1.23 bits per heavy atom. The van der Waals surface area contributed by atoms with Gasteiger partial charge in [0.1, 0.15) is 11.3 Å². The van der Waals surface area contributed by atoms with Crippen LogP contribution in [0.4, 0.5) is 14.5 Å². The Hall–Kier alpha value is -2.96. The molecule has 1 amide bonds. The van der Waals surface area contributed by atoms with Crippen molar-refractivity contribution in [2.45, 2.75) is 31.8 Å². The first kappa shape index (κ1) is 16.5. The maximum Gasteiger partial charge on any atom is 0.387 e. The molecule has 1 aliphatic rings. The van der Waals surface area contributed by atoms with Crippen LogP contribution in [0.2, 0.25) is 0 Å². The predicted octanol–water partition coefficient (Wildman–Crippen LogP) is 4.49. The standard InChI is InChI=1S/C19H16F2N2O3/c20-19(21)25-14-6-1-11(2-7-14)9-17(24)22-13-5-8-16-15(10-13)23-18(26-16)12-3-4-12/h1-2,5-8,10,12,19H,3-4,9H2,(H,22,24). The van der Waals surface area contributed by atoms with E-state index in [9.17, 15) is 13.6 Å². The number of oxazole rings is 1. The summed E-state index contributed by atoms with van der Waals surface area (Å²) in [5.41, 5.74) is 2.76. The molecule has 5 nitrogen and oxygen atoms in total. The van der Waals surface area contributed by atoms with Gasteiger partial charge in [0.25, 0.3) is 0 Å². The van der Waals surface area contributed by atoms with Gasteiger partial charge in [-0.3, -0.25) is 4.79 Å². The highest BCUT2D eigenvalue weighted by Gasteiger charge is 2.28. The molecule has 1 aliphatic carbocycles. The molecule has 26 heavy (non-hydrogen) atoms. The van der Waals surface area contributed by atoms with E-state index in [1.54, 1.807) is 30.3 Å². The number of benzene rings is 2. The van der Waals surface area contributed by atoms with E-state index in [0.717, 1.165) is 24.2 Å². The predicted molar refractivity (Wildman–Crippen MR) is 91.4 cm³/mol. The average Bonchev–Trinajstić information content (AvgIpc) is 3.36. The van der Waals surface area contributed by atoms with Crippen LogP contribution in [-0.2, 0) is 11.2 Å². The molecule has 1 N–H and O–H groups in total. The number of nitrogens with zero attached hydrogens (tertiary/aromatic N) is 1. The highest BCUT2D eigenvalue weighted by Crippen LogP contribution is 2.40. The van der Waals surface area contributed by atoms with Gasteiger partial charge in [-0.25, -0.2) is 4.98 Å². The first-order chi connectivity index (χ1) is 12.6. The van der Waals surface area contributed by atoms with Crippen molar-refractivity contribution < 1.29 is 22.7 Å². The molecule has 0 aliphatic heterocycles. The van der Waals surface area contributed by atoms with Gasteiger partial charge in [0, 0.05) is 11.6 Å². The van der Waals surface area contributed by atoms with Gasteiger partial charge >= 0.3 is 6.61 Å². The zero-order valence-corrected chi connectivity index (χ0v) is 13.7. The normalized spacial score (nSPS) is 14.0. The molecule has 1 fully saturated rings. The molecule has 0 unspecified atom stereocenters. The Balaban J connectivity index is 1.40. The number of fused-ring (bicyclic) bond motifs is 1. The molecule has 0 saturated heterocycles. The molecule has 134 valence electrons. The van der Waals surface area contributed by atoms with Gasteiger partial charge in [0.05, 0.1) is 6.42 Å². The van der Waals surface area contributed by atoms with E-state index in [-0.39, 0.29) is 18.1 Å². The summed E-state index contributed by atoms with van der Waals surface area (Å²) < 4.78 is 34.3. The minimum absolute atomic E-state index is 0.0621. The third-order valence-electron chi connectivity index (χ3n) is 4.13. The SMILES string of the molecule is O=C(Cc1ccc(OC(F)F)cc1)Nc1ccc2oc(C3CC3)nc2c1. The fourth-order valence-electron chi connectivity index (χ4n) is 2.71. The number of nitrogens with one attached hydrogen (secondary N) is 1. The molecule has 4 rings (SSSR count). The van der Waals surface area contributed by atoms with Crippen molar-refractivity contribution in [2.24, 2.45) is 0 Å². The molecule has 1 aromatic heterocycles. The molecule has 3 aromatic rings. The maximum atomic E-state index is 12.2. The van der Waals surface area contributed by atoms with Crippen molar-refractivity contribution in [2.75, 3.05) is 5.32 Å². The van der Waals surface area contributed by atoms with E-state index >= 15 is 0 Å². The lowest BCUT2D eigenvalue weighted by atomic mass is 10.1. The number of anilines is 1. The van der Waals surface area contributed by atoms with E-state index in [1.165, 1.54) is 12.1 Å². The third kappa shape index (κ3) is 3.82. The fraction of sp³-hybridized carbons (Fsp3) is 0.263. The molecule has 1 saturated carbocycles. The van der Waals surface area contributed by atoms with Crippen LogP contribution in [0.3, 0.4) is 0 Å². The summed E-state index contributed by atoms with van der Waals surface area (Å²) in [5.74, 6) is 1.04. The Morgan fingerprint density at radius 3 is 2.69 bits per heavy atom. The molecule has 0 bridgehead atoms. The van der Waals surface area contributed by atoms with Crippen LogP contribution in [-0.4, -0.2) is 17.5 Å². The lowest BCUT2D eigenvalue weighted by molar-refractivity contribution is -0.115. The number of hydrogen-bond donors (Lipinski definition) is 1. The minimum Gasteiger partial charge on any atom is -0.440 e. The number of ether oxygens (including phenoxy) is 1. The van der Waals surface area contributed by atoms with Crippen LogP contribution >= 0.6 is 0 Å². The van der Waals surface area contributed by atoms with Crippen LogP contribution < -0.4 is 10.1 Å². The van der Waals surface area contributed by atoms with Gasteiger partial charge in [-0.05, 0) is 48.7 Å². The summed E-state index contributed by atoms with van der Waals surface area (Å²) in [6.07, 6.45) is 2.34. The van der Waals surface area contributed by atoms with E-state index in [2.05, 4.69) is 15.0 Å². The van der Waals surface area contributed by atoms with E-state index in [1.807, 2.05) is 0 Å². The average molecular weight is 358 g/mol. The zero-order valence-electron chi connectivity index (χ0n) is 13.7. The molecule has 2 aromatic carbocycles. The van der Waals surface area contributed by atoms with Crippen LogP contribution in [0.15, 0.2) is 46.9 Å². The van der Waals surface area contributed by atoms with E-state index in [0.29, 0.717) is 22.8 Å². The van der Waals surface area contributed by atoms with Crippen molar-refractivity contribution in [1.29, 1.82) is 0 Å². The minimum atomic E-state index is -2.86. The third-order valence-corrected chi connectivity index (χ3v) is 4.13. The van der Waals surface area contributed by atoms with Crippen LogP contribution in [0.5, 0.6) is 5.75 Å². The summed E-state index contributed by atoms with van der Waals surface area (Å²) in [6.45, 7) is -2.86. The molecule has 0 radical (unpaired) electrons. The summed E-state index contributed by atoms with van der Waals surface area (Å²) in [5, 5.41) is 2.81. The smallest absolute Gasteiger partial charge is 0.387 e. The highest BCUT2D eigenvalue weighted by atomic mass is 19.3. The Bertz CT molecular complexity index is 934. The van der Waals surface area contributed by atoms with Gasteiger partial charge in [-0.1, -0.05) is 12.1 Å². The number of halogens is 2. The second-order valence-corrected chi connectivity index (χ2v) is 6.26. The highest BCUT2D eigenvalue weighted by molar-refractivity contribution is 5.94. The van der Waals surface area contributed by atoms with Crippen molar-refractivity contribution in [3.05, 3.63) is 53.9 Å². The largest absolute Gasteiger partial charge is 0.440 e. The van der Waals surface area contributed by atoms with Crippen LogP contribution in [0.1, 0.15) is 30.2 Å². The monoisotopic (exact) mass is 358 g/mol. The molecule has 1 heterocycles. The number of amides is 1. The maximum absolute atomic E-state index is 12.2. The van der Waals surface area contributed by atoms with Gasteiger partial charge < -0.3 is 14.5 Å². The van der Waals surface area contributed by atoms with Crippen molar-refractivity contribution >= 4 is 22.7 Å². The summed E-state index contributed by atoms with van der Waals surface area (Å²) in [4.78, 5) is 16.7. The second kappa shape index (κ2) is 6.74. The molecular formula is C19H16F2N2O3. The topological polar surface area (TPSA) is 64.4 Å². The lowest BCUT2D eigenvalue weighted by Crippen LogP contribution is -2.14. The molecular weight excluding hydrogens is 342 g/mol. The van der Waals surface area contributed by atoms with Crippen molar-refractivity contribution in [3.63, 3.8) is 0 Å². The van der Waals surface area contributed by atoms with Crippen LogP contribution in [0, 0.1) is 0 Å². The molecule has 0 spiro atoms. The summed E-state index contributed by atoms with van der Waals surface area (Å²) >= 11 is 0. The van der Waals surface area contributed by atoms with E-state index < -0.39 is 6.61 Å². The molecule has 0 atom stereocenters. The lowest BCUT2D eigenvalue weighted by Gasteiger charge is -2.07. The number of aromatic nitrogens is 1. The number of carbonyl (C=O) groups is 1. The first-order valence-corrected chi connectivity index (χ1v) is 8.31. The first-order valence-electron chi connectivity index (χ1n) is 8.31. The Labute approximate surface area is 148 Å². The van der Waals surface area contributed by atoms with Crippen molar-refractivity contribution in [1.82, 2.24) is 4.98 Å². The zero-order chi connectivity index (χ0) is 18.1.